The summed E-state index contributed by atoms with van der Waals surface area (Å²) in [5.41, 5.74) is -0.0428. The summed E-state index contributed by atoms with van der Waals surface area (Å²) in [6.07, 6.45) is 0.300. The van der Waals surface area contributed by atoms with Crippen LogP contribution in [-0.2, 0) is 22.3 Å². The Morgan fingerprint density at radius 2 is 2.00 bits per heavy atom. The monoisotopic (exact) mass is 540 g/mol. The second kappa shape index (κ2) is 9.50. The molecule has 2 aromatic rings. The summed E-state index contributed by atoms with van der Waals surface area (Å²) in [6.45, 7) is 1.02. The zero-order valence-electron chi connectivity index (χ0n) is 17.4. The molecule has 1 heterocycles. The van der Waals surface area contributed by atoms with Gasteiger partial charge in [-0.3, -0.25) is 9.59 Å². The minimum Gasteiger partial charge on any atom is -0.338 e. The molecule has 1 N–H and O–H groups in total. The van der Waals surface area contributed by atoms with Crippen LogP contribution >= 0.6 is 27.5 Å². The summed E-state index contributed by atoms with van der Waals surface area (Å²) in [7, 11) is 0. The topological polar surface area (TPSA) is 49.4 Å². The van der Waals surface area contributed by atoms with Crippen LogP contribution in [0.3, 0.4) is 0 Å². The van der Waals surface area contributed by atoms with Crippen molar-refractivity contribution in [2.45, 2.75) is 25.6 Å². The molecule has 174 valence electrons. The van der Waals surface area contributed by atoms with E-state index in [9.17, 15) is 22.8 Å². The van der Waals surface area contributed by atoms with Gasteiger partial charge in [0.15, 0.2) is 0 Å². The van der Waals surface area contributed by atoms with Crippen molar-refractivity contribution in [2.75, 3.05) is 11.9 Å². The molecule has 1 aliphatic heterocycles. The van der Waals surface area contributed by atoms with Crippen LogP contribution in [0.5, 0.6) is 0 Å². The molecular weight excluding hydrogens is 521 g/mol. The molecule has 0 bridgehead atoms. The van der Waals surface area contributed by atoms with Crippen LogP contribution in [-0.4, -0.2) is 23.3 Å². The fraction of sp³-hybridized carbons (Fsp3) is 0.333. The van der Waals surface area contributed by atoms with E-state index in [1.807, 2.05) is 36.4 Å². The quantitative estimate of drug-likeness (QED) is 0.462. The number of hydrogen-bond donors (Lipinski definition) is 1. The average Bonchev–Trinajstić information content (AvgIpc) is 2.76. The van der Waals surface area contributed by atoms with Crippen LogP contribution in [0, 0.1) is 17.8 Å². The third-order valence-corrected chi connectivity index (χ3v) is 6.96. The van der Waals surface area contributed by atoms with Gasteiger partial charge in [0.2, 0.25) is 11.8 Å². The number of piperidine rings is 1. The Bertz CT molecular complexity index is 1110. The molecule has 33 heavy (non-hydrogen) atoms. The number of amides is 2. The summed E-state index contributed by atoms with van der Waals surface area (Å²) in [5, 5.41) is 2.13. The van der Waals surface area contributed by atoms with Crippen molar-refractivity contribution < 1.29 is 22.8 Å². The van der Waals surface area contributed by atoms with E-state index in [0.29, 0.717) is 19.5 Å². The molecule has 4 rings (SSSR count). The van der Waals surface area contributed by atoms with Gasteiger partial charge in [-0.15, -0.1) is 0 Å². The first-order valence-corrected chi connectivity index (χ1v) is 11.7. The van der Waals surface area contributed by atoms with Gasteiger partial charge in [0.05, 0.1) is 22.4 Å². The highest BCUT2D eigenvalue weighted by Gasteiger charge is 2.44. The maximum atomic E-state index is 13.4. The summed E-state index contributed by atoms with van der Waals surface area (Å²) < 4.78 is 40.5. The van der Waals surface area contributed by atoms with E-state index in [1.54, 1.807) is 4.90 Å². The molecule has 0 spiro atoms. The summed E-state index contributed by atoms with van der Waals surface area (Å²) in [4.78, 5) is 28.2. The lowest BCUT2D eigenvalue weighted by molar-refractivity contribution is -0.147. The molecule has 4 nitrogen and oxygen atoms in total. The van der Waals surface area contributed by atoms with Gasteiger partial charge < -0.3 is 10.2 Å². The molecule has 0 saturated carbocycles. The number of hydrogen-bond acceptors (Lipinski definition) is 2. The molecule has 1 saturated heterocycles. The lowest BCUT2D eigenvalue weighted by Crippen LogP contribution is -2.50. The van der Waals surface area contributed by atoms with E-state index < -0.39 is 34.5 Å². The molecular formula is C24H21BrClF3N2O2. The molecule has 2 amide bonds. The standard InChI is InChI=1S/C24H21BrClF3N2O2/c25-16-5-1-3-14(11-16)13-31-10-9-15-4-2-6-18(21(15)23(31)33)22(32)30-17-7-8-20(26)19(12-17)24(27,28)29/h1-5,7-8,11-12,15,18,21H,6,9-10,13H2,(H,30,32)/t15-,18-,21+/m0/s1. The van der Waals surface area contributed by atoms with Crippen molar-refractivity contribution >= 4 is 45.0 Å². The van der Waals surface area contributed by atoms with Crippen LogP contribution in [0.4, 0.5) is 18.9 Å². The minimum absolute atomic E-state index is 0.00271. The molecule has 0 aromatic heterocycles. The van der Waals surface area contributed by atoms with Gasteiger partial charge in [-0.05, 0) is 54.7 Å². The molecule has 0 unspecified atom stereocenters. The number of alkyl halides is 3. The lowest BCUT2D eigenvalue weighted by atomic mass is 9.71. The number of carbonyl (C=O) groups excluding carboxylic acids is 2. The highest BCUT2D eigenvalue weighted by Crippen LogP contribution is 2.39. The number of nitrogens with zero attached hydrogens (tertiary/aromatic N) is 1. The van der Waals surface area contributed by atoms with E-state index in [0.717, 1.165) is 28.6 Å². The van der Waals surface area contributed by atoms with Gasteiger partial charge in [0.1, 0.15) is 0 Å². The summed E-state index contributed by atoms with van der Waals surface area (Å²) >= 11 is 9.11. The molecule has 2 aromatic carbocycles. The normalized spacial score (nSPS) is 22.8. The maximum absolute atomic E-state index is 13.4. The Morgan fingerprint density at radius 3 is 2.73 bits per heavy atom. The maximum Gasteiger partial charge on any atom is 0.417 e. The number of likely N-dealkylation sites (tertiary alicyclic amines) is 1. The Morgan fingerprint density at radius 1 is 1.21 bits per heavy atom. The van der Waals surface area contributed by atoms with Gasteiger partial charge in [-0.25, -0.2) is 0 Å². The number of halogens is 5. The number of fused-ring (bicyclic) bond motifs is 1. The highest BCUT2D eigenvalue weighted by molar-refractivity contribution is 9.10. The number of carbonyl (C=O) groups is 2. The summed E-state index contributed by atoms with van der Waals surface area (Å²) in [5.74, 6) is -1.87. The van der Waals surface area contributed by atoms with Crippen LogP contribution in [0.15, 0.2) is 59.1 Å². The zero-order valence-corrected chi connectivity index (χ0v) is 19.8. The lowest BCUT2D eigenvalue weighted by Gasteiger charge is -2.41. The molecule has 3 atom stereocenters. The van der Waals surface area contributed by atoms with Crippen LogP contribution < -0.4 is 5.32 Å². The molecule has 1 fully saturated rings. The number of allylic oxidation sites excluding steroid dienone is 2. The van der Waals surface area contributed by atoms with Crippen molar-refractivity contribution in [2.24, 2.45) is 17.8 Å². The third kappa shape index (κ3) is 5.27. The summed E-state index contributed by atoms with van der Waals surface area (Å²) in [6, 6.07) is 10.9. The van der Waals surface area contributed by atoms with Gasteiger partial charge >= 0.3 is 6.18 Å². The third-order valence-electron chi connectivity index (χ3n) is 6.14. The van der Waals surface area contributed by atoms with Crippen molar-refractivity contribution in [1.29, 1.82) is 0 Å². The number of benzene rings is 2. The average molecular weight is 542 g/mol. The van der Waals surface area contributed by atoms with Crippen molar-refractivity contribution in [3.63, 3.8) is 0 Å². The first-order valence-electron chi connectivity index (χ1n) is 10.5. The van der Waals surface area contributed by atoms with Crippen molar-refractivity contribution in [1.82, 2.24) is 4.90 Å². The number of anilines is 1. The smallest absolute Gasteiger partial charge is 0.338 e. The second-order valence-corrected chi connectivity index (χ2v) is 9.64. The molecule has 2 aliphatic rings. The fourth-order valence-electron chi connectivity index (χ4n) is 4.56. The first kappa shape index (κ1) is 23.8. The van der Waals surface area contributed by atoms with Gasteiger partial charge in [0, 0.05) is 23.2 Å². The Labute approximate surface area is 202 Å². The van der Waals surface area contributed by atoms with Gasteiger partial charge in [-0.2, -0.15) is 13.2 Å². The minimum atomic E-state index is -4.64. The molecule has 9 heteroatoms. The predicted octanol–water partition coefficient (Wildman–Crippen LogP) is 6.30. The van der Waals surface area contributed by atoms with Crippen LogP contribution in [0.1, 0.15) is 24.0 Å². The second-order valence-electron chi connectivity index (χ2n) is 8.32. The van der Waals surface area contributed by atoms with Crippen LogP contribution in [0.2, 0.25) is 5.02 Å². The van der Waals surface area contributed by atoms with E-state index in [2.05, 4.69) is 21.2 Å². The first-order chi connectivity index (χ1) is 15.6. The SMILES string of the molecule is O=C(Nc1ccc(Cl)c(C(F)(F)F)c1)[C@H]1CC=C[C@H]2CCN(Cc3cccc(Br)c3)C(=O)[C@@H]12. The zero-order chi connectivity index (χ0) is 23.8. The Hall–Kier alpha value is -2.32. The van der Waals surface area contributed by atoms with Crippen molar-refractivity contribution in [3.05, 3.63) is 75.2 Å². The molecule has 1 aliphatic carbocycles. The van der Waals surface area contributed by atoms with E-state index in [-0.39, 0.29) is 17.5 Å². The number of rotatable bonds is 4. The van der Waals surface area contributed by atoms with E-state index >= 15 is 0 Å². The van der Waals surface area contributed by atoms with Gasteiger partial charge in [-0.1, -0.05) is 51.8 Å². The highest BCUT2D eigenvalue weighted by atomic mass is 79.9. The van der Waals surface area contributed by atoms with Gasteiger partial charge in [0.25, 0.3) is 0 Å². The number of nitrogens with one attached hydrogen (secondary N) is 1. The Kier molecular flexibility index (Phi) is 6.86. The predicted molar refractivity (Wildman–Crippen MR) is 123 cm³/mol. The van der Waals surface area contributed by atoms with Crippen LogP contribution in [0.25, 0.3) is 0 Å². The van der Waals surface area contributed by atoms with Crippen molar-refractivity contribution in [3.8, 4) is 0 Å². The fourth-order valence-corrected chi connectivity index (χ4v) is 5.23. The molecule has 0 radical (unpaired) electrons. The van der Waals surface area contributed by atoms with E-state index in [1.165, 1.54) is 6.07 Å². The Balaban J connectivity index is 1.52. The van der Waals surface area contributed by atoms with E-state index in [4.69, 9.17) is 11.6 Å². The largest absolute Gasteiger partial charge is 0.417 e.